The first-order chi connectivity index (χ1) is 31.8. The van der Waals surface area contributed by atoms with Gasteiger partial charge in [0.25, 0.3) is 0 Å². The summed E-state index contributed by atoms with van der Waals surface area (Å²) in [6.07, 6.45) is 5.75. The number of nitrogens with zero attached hydrogens (tertiary/aromatic N) is 5. The van der Waals surface area contributed by atoms with Crippen LogP contribution in [0.3, 0.4) is 0 Å². The lowest BCUT2D eigenvalue weighted by molar-refractivity contribution is -0.135. The average Bonchev–Trinajstić information content (AvgIpc) is 3.63. The summed E-state index contributed by atoms with van der Waals surface area (Å²) in [6, 6.07) is 14.2. The number of aryl methyl sites for hydroxylation is 2. The van der Waals surface area contributed by atoms with E-state index in [0.717, 1.165) is 84.2 Å². The van der Waals surface area contributed by atoms with Gasteiger partial charge in [0.05, 0.1) is 34.0 Å². The third-order valence-corrected chi connectivity index (χ3v) is 14.4. The van der Waals surface area contributed by atoms with Gasteiger partial charge in [-0.3, -0.25) is 24.5 Å². The Morgan fingerprint density at radius 1 is 0.955 bits per heavy atom. The number of hydrogen-bond donors (Lipinski definition) is 5. The van der Waals surface area contributed by atoms with E-state index in [1.54, 1.807) is 26.6 Å². The van der Waals surface area contributed by atoms with Gasteiger partial charge >= 0.3 is 5.76 Å². The lowest BCUT2D eigenvalue weighted by Crippen LogP contribution is -2.44. The maximum atomic E-state index is 15.0. The van der Waals surface area contributed by atoms with Crippen LogP contribution in [0.5, 0.6) is 5.75 Å². The molecule has 348 valence electrons. The number of nitrogens with one attached hydrogen (secondary N) is 5. The summed E-state index contributed by atoms with van der Waals surface area (Å²) in [5.41, 5.74) is 6.21. The summed E-state index contributed by atoms with van der Waals surface area (Å²) in [5, 5.41) is 17.7. The van der Waals surface area contributed by atoms with Gasteiger partial charge in [0.2, 0.25) is 17.8 Å². The number of benzene rings is 3. The number of piperidine rings is 2. The molecule has 0 radical (unpaired) electrons. The number of carbonyl (C=O) groups is 2. The maximum absolute atomic E-state index is 15.0. The molecule has 0 bridgehead atoms. The van der Waals surface area contributed by atoms with Crippen LogP contribution in [0.1, 0.15) is 62.4 Å². The summed E-state index contributed by atoms with van der Waals surface area (Å²) < 4.78 is 42.0. The molecule has 2 aliphatic heterocycles. The van der Waals surface area contributed by atoms with Crippen molar-refractivity contribution in [3.8, 4) is 5.75 Å². The van der Waals surface area contributed by atoms with Gasteiger partial charge in [-0.2, -0.15) is 4.98 Å². The third kappa shape index (κ3) is 10.0. The number of halogens is 2. The van der Waals surface area contributed by atoms with Gasteiger partial charge in [-0.15, -0.1) is 0 Å². The topological polar surface area (TPSA) is 198 Å². The first-order valence-corrected chi connectivity index (χ1v) is 25.8. The summed E-state index contributed by atoms with van der Waals surface area (Å²) in [6.45, 7) is 11.3. The molecule has 5 heterocycles. The second kappa shape index (κ2) is 20.0. The Morgan fingerprint density at radius 3 is 2.48 bits per heavy atom. The molecule has 2 fully saturated rings. The van der Waals surface area contributed by atoms with Crippen molar-refractivity contribution in [1.82, 2.24) is 35.5 Å². The molecular formula is C47H55BrFN10O6P. The van der Waals surface area contributed by atoms with Crippen LogP contribution in [0.25, 0.3) is 22.0 Å². The van der Waals surface area contributed by atoms with Crippen molar-refractivity contribution in [3.05, 3.63) is 92.4 Å². The van der Waals surface area contributed by atoms with Crippen LogP contribution in [0.4, 0.5) is 33.2 Å². The summed E-state index contributed by atoms with van der Waals surface area (Å²) >= 11 is 3.61. The maximum Gasteiger partial charge on any atom is 0.420 e. The van der Waals surface area contributed by atoms with Gasteiger partial charge in [-0.1, -0.05) is 19.9 Å². The second-order valence-corrected chi connectivity index (χ2v) is 21.0. The predicted octanol–water partition coefficient (Wildman–Crippen LogP) is 7.07. The zero-order valence-corrected chi connectivity index (χ0v) is 40.2. The first-order valence-electron chi connectivity index (χ1n) is 22.4. The highest BCUT2D eigenvalue weighted by atomic mass is 79.9. The Labute approximate surface area is 390 Å². The normalized spacial score (nSPS) is 16.0. The van der Waals surface area contributed by atoms with Gasteiger partial charge in [-0.05, 0) is 116 Å². The minimum atomic E-state index is -2.75. The molecule has 1 atom stereocenters. The highest BCUT2D eigenvalue weighted by Gasteiger charge is 2.32. The van der Waals surface area contributed by atoms with Crippen LogP contribution in [0.15, 0.2) is 68.4 Å². The number of methoxy groups -OCH3 is 1. The quantitative estimate of drug-likeness (QED) is 0.0353. The number of amides is 2. The van der Waals surface area contributed by atoms with E-state index < -0.39 is 30.7 Å². The van der Waals surface area contributed by atoms with Crippen molar-refractivity contribution < 1.29 is 27.7 Å². The van der Waals surface area contributed by atoms with E-state index in [4.69, 9.17) is 19.1 Å². The monoisotopic (exact) mass is 984 g/mol. The molecule has 5 N–H and O–H groups in total. The molecule has 66 heavy (non-hydrogen) atoms. The fourth-order valence-electron chi connectivity index (χ4n) is 8.94. The Bertz CT molecular complexity index is 2910. The Morgan fingerprint density at radius 2 is 1.76 bits per heavy atom. The van der Waals surface area contributed by atoms with E-state index in [-0.39, 0.29) is 36.3 Å². The summed E-state index contributed by atoms with van der Waals surface area (Å²) in [7, 11) is -1.10. The fraction of sp³-hybridized carbons (Fsp3) is 0.404. The Balaban J connectivity index is 0.859. The van der Waals surface area contributed by atoms with Gasteiger partial charge in [0.1, 0.15) is 30.6 Å². The number of oxazole rings is 1. The van der Waals surface area contributed by atoms with E-state index in [1.807, 2.05) is 24.3 Å². The first kappa shape index (κ1) is 46.8. The summed E-state index contributed by atoms with van der Waals surface area (Å²) in [4.78, 5) is 53.5. The zero-order valence-electron chi connectivity index (χ0n) is 37.7. The number of rotatable bonds is 17. The highest BCUT2D eigenvalue weighted by Crippen LogP contribution is 2.42. The molecule has 16 nitrogen and oxygen atoms in total. The molecule has 3 aromatic carbocycles. The molecule has 2 saturated heterocycles. The van der Waals surface area contributed by atoms with E-state index >= 15 is 4.39 Å². The minimum absolute atomic E-state index is 0.105. The van der Waals surface area contributed by atoms with E-state index in [1.165, 1.54) is 16.7 Å². The predicted molar refractivity (Wildman–Crippen MR) is 261 cm³/mol. The van der Waals surface area contributed by atoms with Crippen molar-refractivity contribution in [2.75, 3.05) is 68.7 Å². The standard InChI is InChI=1S/C47H55BrFN10O6P/c1-6-27-24-36(55-46-52-26-32(48)44(57-46)54-35-12-11-34-31(43(35)66(4,5)63)9-8-28(7-2)53-34)40(64-3)25-39(27)58-22-17-29(18-23-58)51-21-20-50-19-16-30-33(49)10-13-37-42(30)65-47(62)59(37)38-14-15-41(60)56-45(38)61/h8-13,24-26,29,38,50-51H,6-7,14-23H2,1-5H3,(H,56,60,61)(H2,52,54,55,57). The summed E-state index contributed by atoms with van der Waals surface area (Å²) in [5.74, 6) is -0.668. The minimum Gasteiger partial charge on any atom is -0.494 e. The number of pyridine rings is 1. The number of aromatic nitrogens is 4. The SMILES string of the molecule is CCc1ccc2c(P(C)(C)=O)c(Nc3nc(Nc4cc(CC)c(N5CCC(NCCNCCc6c(F)ccc7c6oc(=O)n7C6CCC(=O)NC6=O)CC5)cc4OC)ncc3Br)ccc2n1. The number of hydrogen-bond acceptors (Lipinski definition) is 14. The molecule has 1 unspecified atom stereocenters. The molecule has 2 aliphatic rings. The number of fused-ring (bicyclic) bond motifs is 2. The van der Waals surface area contributed by atoms with Crippen molar-refractivity contribution in [2.45, 2.75) is 70.9 Å². The molecule has 0 spiro atoms. The molecule has 19 heteroatoms. The molecule has 0 saturated carbocycles. The van der Waals surface area contributed by atoms with Crippen LogP contribution < -0.4 is 47.3 Å². The molecular weight excluding hydrogens is 930 g/mol. The zero-order chi connectivity index (χ0) is 46.7. The van der Waals surface area contributed by atoms with Crippen molar-refractivity contribution in [2.24, 2.45) is 0 Å². The molecule has 3 aromatic heterocycles. The van der Waals surface area contributed by atoms with Crippen LogP contribution in [0, 0.1) is 5.82 Å². The molecule has 0 aliphatic carbocycles. The Hall–Kier alpha value is -5.68. The van der Waals surface area contributed by atoms with Gasteiger partial charge in [-0.25, -0.2) is 14.2 Å². The van der Waals surface area contributed by atoms with Crippen LogP contribution >= 0.6 is 23.1 Å². The fourth-order valence-corrected chi connectivity index (χ4v) is 10.7. The van der Waals surface area contributed by atoms with Gasteiger partial charge in [0.15, 0.2) is 5.58 Å². The van der Waals surface area contributed by atoms with Crippen molar-refractivity contribution in [3.63, 3.8) is 0 Å². The van der Waals surface area contributed by atoms with Crippen molar-refractivity contribution in [1.29, 1.82) is 0 Å². The molecule has 8 rings (SSSR count). The molecule has 6 aromatic rings. The average molecular weight is 986 g/mol. The highest BCUT2D eigenvalue weighted by molar-refractivity contribution is 9.10. The second-order valence-electron chi connectivity index (χ2n) is 17.0. The lowest BCUT2D eigenvalue weighted by Gasteiger charge is -2.35. The lowest BCUT2D eigenvalue weighted by atomic mass is 10.0. The number of ether oxygens (including phenoxy) is 1. The van der Waals surface area contributed by atoms with Crippen molar-refractivity contribution >= 4 is 91.0 Å². The van der Waals surface area contributed by atoms with E-state index in [2.05, 4.69) is 78.4 Å². The van der Waals surface area contributed by atoms with E-state index in [9.17, 15) is 18.9 Å². The Kier molecular flexibility index (Phi) is 14.2. The number of imide groups is 1. The molecule has 2 amide bonds. The smallest absolute Gasteiger partial charge is 0.420 e. The number of carbonyl (C=O) groups excluding carboxylic acids is 2. The van der Waals surface area contributed by atoms with Crippen LogP contribution in [0.2, 0.25) is 0 Å². The number of anilines is 5. The van der Waals surface area contributed by atoms with Crippen LogP contribution in [-0.2, 0) is 33.4 Å². The largest absolute Gasteiger partial charge is 0.494 e. The van der Waals surface area contributed by atoms with E-state index in [0.29, 0.717) is 52.3 Å². The van der Waals surface area contributed by atoms with Gasteiger partial charge < -0.3 is 39.9 Å². The van der Waals surface area contributed by atoms with Gasteiger partial charge in [0, 0.05) is 78.5 Å². The third-order valence-electron chi connectivity index (χ3n) is 12.3. The van der Waals surface area contributed by atoms with Crippen LogP contribution in [-0.4, -0.2) is 90.5 Å².